The number of nitrogens with one attached hydrogen (secondary N) is 1. The molecule has 0 saturated carbocycles. The number of halogens is 3. The Bertz CT molecular complexity index is 604. The predicted octanol–water partition coefficient (Wildman–Crippen LogP) is 4.43. The van der Waals surface area contributed by atoms with Crippen molar-refractivity contribution in [3.8, 4) is 5.75 Å². The molecule has 0 saturated heterocycles. The van der Waals surface area contributed by atoms with Crippen molar-refractivity contribution in [2.45, 2.75) is 13.1 Å². The van der Waals surface area contributed by atoms with Gasteiger partial charge in [0.15, 0.2) is 0 Å². The van der Waals surface area contributed by atoms with Gasteiger partial charge in [-0.05, 0) is 29.8 Å². The highest BCUT2D eigenvalue weighted by Crippen LogP contribution is 2.26. The summed E-state index contributed by atoms with van der Waals surface area (Å²) in [5.41, 5.74) is 1.72. The Morgan fingerprint density at radius 1 is 1.10 bits per heavy atom. The van der Waals surface area contributed by atoms with Crippen molar-refractivity contribution >= 4 is 23.2 Å². The maximum Gasteiger partial charge on any atom is 0.124 e. The lowest BCUT2D eigenvalue weighted by Crippen LogP contribution is -2.14. The molecule has 0 radical (unpaired) electrons. The molecule has 0 fully saturated rings. The molecule has 0 spiro atoms. The zero-order valence-electron chi connectivity index (χ0n) is 10.9. The summed E-state index contributed by atoms with van der Waals surface area (Å²) in [7, 11) is 1.60. The third kappa shape index (κ3) is 3.63. The average Bonchev–Trinajstić information content (AvgIpc) is 2.42. The number of hydrogen-bond acceptors (Lipinski definition) is 2. The number of methoxy groups -OCH3 is 1. The van der Waals surface area contributed by atoms with Gasteiger partial charge in [-0.15, -0.1) is 0 Å². The minimum Gasteiger partial charge on any atom is -0.496 e. The second kappa shape index (κ2) is 6.93. The highest BCUT2D eigenvalue weighted by atomic mass is 35.5. The molecule has 2 rings (SSSR count). The summed E-state index contributed by atoms with van der Waals surface area (Å²) in [5.74, 6) is 0.390. The van der Waals surface area contributed by atoms with Gasteiger partial charge in [-0.25, -0.2) is 4.39 Å². The van der Waals surface area contributed by atoms with Crippen molar-refractivity contribution in [2.24, 2.45) is 0 Å². The zero-order valence-corrected chi connectivity index (χ0v) is 12.4. The van der Waals surface area contributed by atoms with Crippen molar-refractivity contribution in [3.63, 3.8) is 0 Å². The Hall–Kier alpha value is -1.29. The second-order valence-corrected chi connectivity index (χ2v) is 5.07. The largest absolute Gasteiger partial charge is 0.496 e. The van der Waals surface area contributed by atoms with E-state index in [-0.39, 0.29) is 5.82 Å². The summed E-state index contributed by atoms with van der Waals surface area (Å²) in [6.07, 6.45) is 0. The summed E-state index contributed by atoms with van der Waals surface area (Å²) in [4.78, 5) is 0. The Balaban J connectivity index is 2.03. The maximum atomic E-state index is 12.9. The van der Waals surface area contributed by atoms with Gasteiger partial charge in [0, 0.05) is 28.7 Å². The van der Waals surface area contributed by atoms with Crippen molar-refractivity contribution < 1.29 is 9.13 Å². The smallest absolute Gasteiger partial charge is 0.124 e. The molecule has 2 aromatic carbocycles. The standard InChI is InChI=1S/C15H14Cl2FNO/c1-20-15-4-2-3-13(16)12(15)9-19-8-10-5-6-11(18)7-14(10)17/h2-7,19H,8-9H2,1H3. The summed E-state index contributed by atoms with van der Waals surface area (Å²) < 4.78 is 18.2. The van der Waals surface area contributed by atoms with Gasteiger partial charge in [-0.2, -0.15) is 0 Å². The van der Waals surface area contributed by atoms with Crippen LogP contribution in [0.15, 0.2) is 36.4 Å². The van der Waals surface area contributed by atoms with Crippen molar-refractivity contribution in [2.75, 3.05) is 7.11 Å². The second-order valence-electron chi connectivity index (χ2n) is 4.26. The van der Waals surface area contributed by atoms with Gasteiger partial charge in [-0.1, -0.05) is 35.3 Å². The molecule has 0 aliphatic carbocycles. The van der Waals surface area contributed by atoms with Gasteiger partial charge in [-0.3, -0.25) is 0 Å². The first-order valence-corrected chi connectivity index (χ1v) is 6.83. The van der Waals surface area contributed by atoms with E-state index in [9.17, 15) is 4.39 Å². The Labute approximate surface area is 127 Å². The summed E-state index contributed by atoms with van der Waals surface area (Å²) in [6, 6.07) is 9.85. The molecular weight excluding hydrogens is 300 g/mol. The lowest BCUT2D eigenvalue weighted by Gasteiger charge is -2.12. The fourth-order valence-corrected chi connectivity index (χ4v) is 2.36. The van der Waals surface area contributed by atoms with E-state index in [1.54, 1.807) is 13.2 Å². The van der Waals surface area contributed by atoms with Crippen molar-refractivity contribution in [1.82, 2.24) is 5.32 Å². The maximum absolute atomic E-state index is 12.9. The molecule has 106 valence electrons. The normalized spacial score (nSPS) is 10.6. The molecule has 5 heteroatoms. The van der Waals surface area contributed by atoms with Crippen LogP contribution in [-0.4, -0.2) is 7.11 Å². The predicted molar refractivity (Wildman–Crippen MR) is 80.0 cm³/mol. The van der Waals surface area contributed by atoms with Gasteiger partial charge in [0.25, 0.3) is 0 Å². The van der Waals surface area contributed by atoms with E-state index in [1.165, 1.54) is 12.1 Å². The highest BCUT2D eigenvalue weighted by Gasteiger charge is 2.08. The first-order chi connectivity index (χ1) is 9.61. The number of rotatable bonds is 5. The summed E-state index contributed by atoms with van der Waals surface area (Å²) >= 11 is 12.1. The summed E-state index contributed by atoms with van der Waals surface area (Å²) in [5, 5.41) is 4.27. The molecule has 0 atom stereocenters. The van der Waals surface area contributed by atoms with E-state index < -0.39 is 0 Å². The van der Waals surface area contributed by atoms with Gasteiger partial charge < -0.3 is 10.1 Å². The lowest BCUT2D eigenvalue weighted by molar-refractivity contribution is 0.407. The Morgan fingerprint density at radius 3 is 2.60 bits per heavy atom. The van der Waals surface area contributed by atoms with E-state index in [4.69, 9.17) is 27.9 Å². The van der Waals surface area contributed by atoms with Crippen LogP contribution in [0.4, 0.5) is 4.39 Å². The SMILES string of the molecule is COc1cccc(Cl)c1CNCc1ccc(F)cc1Cl. The fraction of sp³-hybridized carbons (Fsp3) is 0.200. The van der Waals surface area contributed by atoms with Crippen LogP contribution in [0.2, 0.25) is 10.0 Å². The van der Waals surface area contributed by atoms with E-state index in [0.717, 1.165) is 16.9 Å². The highest BCUT2D eigenvalue weighted by molar-refractivity contribution is 6.31. The van der Waals surface area contributed by atoms with Crippen LogP contribution >= 0.6 is 23.2 Å². The molecule has 2 nitrogen and oxygen atoms in total. The van der Waals surface area contributed by atoms with E-state index in [2.05, 4.69) is 5.32 Å². The van der Waals surface area contributed by atoms with Crippen molar-refractivity contribution in [3.05, 3.63) is 63.4 Å². The van der Waals surface area contributed by atoms with Gasteiger partial charge in [0.2, 0.25) is 0 Å². The van der Waals surface area contributed by atoms with Gasteiger partial charge in [0.05, 0.1) is 7.11 Å². The molecule has 0 amide bonds. The topological polar surface area (TPSA) is 21.3 Å². The van der Waals surface area contributed by atoms with Crippen LogP contribution in [0, 0.1) is 5.82 Å². The molecule has 20 heavy (non-hydrogen) atoms. The molecule has 0 unspecified atom stereocenters. The molecule has 0 aromatic heterocycles. The van der Waals surface area contributed by atoms with E-state index in [0.29, 0.717) is 23.1 Å². The third-order valence-corrected chi connectivity index (χ3v) is 3.63. The van der Waals surface area contributed by atoms with Crippen LogP contribution in [0.25, 0.3) is 0 Å². The molecule has 2 aromatic rings. The van der Waals surface area contributed by atoms with Gasteiger partial charge in [0.1, 0.15) is 11.6 Å². The monoisotopic (exact) mass is 313 g/mol. The number of benzene rings is 2. The molecule has 0 heterocycles. The van der Waals surface area contributed by atoms with Crippen LogP contribution in [-0.2, 0) is 13.1 Å². The average molecular weight is 314 g/mol. The fourth-order valence-electron chi connectivity index (χ4n) is 1.89. The number of ether oxygens (including phenoxy) is 1. The minimum atomic E-state index is -0.341. The molecular formula is C15H14Cl2FNO. The zero-order chi connectivity index (χ0) is 14.5. The van der Waals surface area contributed by atoms with Gasteiger partial charge >= 0.3 is 0 Å². The quantitative estimate of drug-likeness (QED) is 0.881. The molecule has 0 aliphatic rings. The minimum absolute atomic E-state index is 0.341. The van der Waals surface area contributed by atoms with Crippen LogP contribution in [0.1, 0.15) is 11.1 Å². The number of hydrogen-bond donors (Lipinski definition) is 1. The third-order valence-electron chi connectivity index (χ3n) is 2.93. The first-order valence-electron chi connectivity index (χ1n) is 6.08. The van der Waals surface area contributed by atoms with Crippen molar-refractivity contribution in [1.29, 1.82) is 0 Å². The van der Waals surface area contributed by atoms with E-state index >= 15 is 0 Å². The van der Waals surface area contributed by atoms with E-state index in [1.807, 2.05) is 18.2 Å². The summed E-state index contributed by atoms with van der Waals surface area (Å²) in [6.45, 7) is 1.06. The molecule has 0 aliphatic heterocycles. The van der Waals surface area contributed by atoms with Crippen LogP contribution in [0.5, 0.6) is 5.75 Å². The van der Waals surface area contributed by atoms with Crippen LogP contribution < -0.4 is 10.1 Å². The first kappa shape index (κ1) is 15.1. The Kier molecular flexibility index (Phi) is 5.24. The van der Waals surface area contributed by atoms with Crippen LogP contribution in [0.3, 0.4) is 0 Å². The molecule has 0 bridgehead atoms. The lowest BCUT2D eigenvalue weighted by atomic mass is 10.2. The molecule has 1 N–H and O–H groups in total. The Morgan fingerprint density at radius 2 is 1.90 bits per heavy atom.